The summed E-state index contributed by atoms with van der Waals surface area (Å²) < 4.78 is 20.6. The number of rotatable bonds is 5. The molecule has 0 fully saturated rings. The predicted molar refractivity (Wildman–Crippen MR) is 105 cm³/mol. The fraction of sp³-hybridized carbons (Fsp3) is 0.150. The van der Waals surface area contributed by atoms with Crippen molar-refractivity contribution >= 4 is 33.2 Å². The van der Waals surface area contributed by atoms with Crippen molar-refractivity contribution in [3.8, 4) is 0 Å². The number of nitrogens with zero attached hydrogens (tertiary/aromatic N) is 3. The maximum Gasteiger partial charge on any atom is 0.332 e. The molecule has 152 valence electrons. The summed E-state index contributed by atoms with van der Waals surface area (Å²) in [7, 11) is 1.27. The van der Waals surface area contributed by atoms with Gasteiger partial charge in [0, 0.05) is 15.2 Å². The van der Waals surface area contributed by atoms with Crippen LogP contribution in [0.4, 0.5) is 14.5 Å². The fourth-order valence-corrected chi connectivity index (χ4v) is 4.04. The van der Waals surface area contributed by atoms with Crippen LogP contribution in [-0.4, -0.2) is 33.6 Å². The molecule has 0 spiro atoms. The van der Waals surface area contributed by atoms with Crippen molar-refractivity contribution in [2.75, 3.05) is 11.9 Å². The molecule has 1 aliphatic heterocycles. The summed E-state index contributed by atoms with van der Waals surface area (Å²) in [5.41, 5.74) is -0.333. The molecule has 0 saturated carbocycles. The number of Topliss-reactive ketones (excluding diaryl/α,β-unsaturated/α-hetero) is 1. The zero-order valence-corrected chi connectivity index (χ0v) is 16.6. The minimum Gasteiger partial charge on any atom is -0.503 e. The van der Waals surface area contributed by atoms with Crippen LogP contribution in [0.3, 0.4) is 0 Å². The van der Waals surface area contributed by atoms with Crippen molar-refractivity contribution in [1.29, 1.82) is 0 Å². The second-order valence-electron chi connectivity index (χ2n) is 6.58. The highest BCUT2D eigenvalue weighted by molar-refractivity contribution is 7.18. The zero-order chi connectivity index (χ0) is 21.6. The number of hydrogen-bond donors (Lipinski definition) is 1. The van der Waals surface area contributed by atoms with Gasteiger partial charge in [0.05, 0.1) is 5.57 Å². The Bertz CT molecular complexity index is 1230. The first-order valence-corrected chi connectivity index (χ1v) is 9.60. The molecular formula is C20H15FN3O5S+. The van der Waals surface area contributed by atoms with Gasteiger partial charge >= 0.3 is 5.00 Å². The van der Waals surface area contributed by atoms with E-state index in [1.807, 2.05) is 0 Å². The number of hydrogen-bond acceptors (Lipinski definition) is 7. The average molecular weight is 428 g/mol. The summed E-state index contributed by atoms with van der Waals surface area (Å²) in [6.07, 6.45) is 1.26. The highest BCUT2D eigenvalue weighted by atomic mass is 32.1. The number of benzene rings is 1. The first-order chi connectivity index (χ1) is 14.3. The SMILES string of the molecule is Cc1ccc(C(=O)C2=C(O)C(=O)N(c3ncc([N+](C)=O)s3)C2c2ccccc2F)o1. The number of thiazole rings is 1. The van der Waals surface area contributed by atoms with E-state index < -0.39 is 29.3 Å². The molecule has 3 heterocycles. The predicted octanol–water partition coefficient (Wildman–Crippen LogP) is 4.01. The molecule has 0 saturated heterocycles. The number of carbonyl (C=O) groups excluding carboxylic acids is 2. The third-order valence-electron chi connectivity index (χ3n) is 4.61. The molecule has 1 aromatic carbocycles. The van der Waals surface area contributed by atoms with Crippen LogP contribution in [0.2, 0.25) is 0 Å². The third kappa shape index (κ3) is 3.11. The number of nitroso groups, excluding NO2 is 1. The molecule has 1 atom stereocenters. The number of aromatic nitrogens is 1. The molecule has 1 N–H and O–H groups in total. The van der Waals surface area contributed by atoms with E-state index in [1.165, 1.54) is 37.5 Å². The maximum atomic E-state index is 14.7. The first-order valence-electron chi connectivity index (χ1n) is 8.78. The summed E-state index contributed by atoms with van der Waals surface area (Å²) in [6, 6.07) is 7.31. The number of carbonyl (C=O) groups is 2. The zero-order valence-electron chi connectivity index (χ0n) is 15.8. The van der Waals surface area contributed by atoms with Gasteiger partial charge in [0.15, 0.2) is 23.7 Å². The van der Waals surface area contributed by atoms with Gasteiger partial charge in [0.1, 0.15) is 23.8 Å². The molecule has 30 heavy (non-hydrogen) atoms. The van der Waals surface area contributed by atoms with Crippen LogP contribution < -0.4 is 4.90 Å². The van der Waals surface area contributed by atoms with Crippen molar-refractivity contribution in [3.63, 3.8) is 0 Å². The summed E-state index contributed by atoms with van der Waals surface area (Å²) >= 11 is 0.874. The van der Waals surface area contributed by atoms with E-state index in [0.717, 1.165) is 16.2 Å². The van der Waals surface area contributed by atoms with Gasteiger partial charge in [-0.2, -0.15) is 0 Å². The van der Waals surface area contributed by atoms with Crippen molar-refractivity contribution in [1.82, 2.24) is 4.98 Å². The number of furan rings is 1. The van der Waals surface area contributed by atoms with Gasteiger partial charge in [-0.05, 0) is 36.5 Å². The van der Waals surface area contributed by atoms with E-state index in [0.29, 0.717) is 10.5 Å². The number of aliphatic hydroxyl groups excluding tert-OH is 1. The highest BCUT2D eigenvalue weighted by Gasteiger charge is 2.47. The van der Waals surface area contributed by atoms with E-state index in [4.69, 9.17) is 4.42 Å². The topological polar surface area (TPSA) is 104 Å². The first kappa shape index (κ1) is 19.6. The molecule has 8 nitrogen and oxygen atoms in total. The highest BCUT2D eigenvalue weighted by Crippen LogP contribution is 2.44. The van der Waals surface area contributed by atoms with E-state index in [1.54, 1.807) is 19.1 Å². The van der Waals surface area contributed by atoms with Crippen molar-refractivity contribution in [2.45, 2.75) is 13.0 Å². The number of aryl methyl sites for hydroxylation is 1. The van der Waals surface area contributed by atoms with Crippen LogP contribution in [0.1, 0.15) is 27.9 Å². The average Bonchev–Trinajstić information content (AvgIpc) is 3.41. The molecule has 4 rings (SSSR count). The van der Waals surface area contributed by atoms with E-state index in [2.05, 4.69) is 4.98 Å². The molecule has 2 aromatic heterocycles. The number of anilines is 1. The van der Waals surface area contributed by atoms with Crippen molar-refractivity contribution < 1.29 is 28.3 Å². The molecule has 0 bridgehead atoms. The Morgan fingerprint density at radius 2 is 2.03 bits per heavy atom. The lowest BCUT2D eigenvalue weighted by Gasteiger charge is -2.24. The number of ketones is 1. The van der Waals surface area contributed by atoms with E-state index >= 15 is 0 Å². The number of amides is 1. The van der Waals surface area contributed by atoms with Crippen LogP contribution in [0.25, 0.3) is 0 Å². The van der Waals surface area contributed by atoms with Gasteiger partial charge in [0.25, 0.3) is 5.91 Å². The second-order valence-corrected chi connectivity index (χ2v) is 7.57. The van der Waals surface area contributed by atoms with Crippen LogP contribution >= 0.6 is 11.3 Å². The lowest BCUT2D eigenvalue weighted by Crippen LogP contribution is -2.31. The molecular weight excluding hydrogens is 413 g/mol. The molecule has 1 unspecified atom stereocenters. The third-order valence-corrected chi connectivity index (χ3v) is 5.67. The Balaban J connectivity index is 1.89. The quantitative estimate of drug-likeness (QED) is 0.487. The molecule has 0 aliphatic carbocycles. The fourth-order valence-electron chi connectivity index (χ4n) is 3.23. The molecule has 0 radical (unpaired) electrons. The molecule has 1 aliphatic rings. The van der Waals surface area contributed by atoms with E-state index in [9.17, 15) is 24.0 Å². The Hall–Kier alpha value is -3.66. The van der Waals surface area contributed by atoms with Gasteiger partial charge in [-0.1, -0.05) is 18.2 Å². The normalized spacial score (nSPS) is 16.4. The van der Waals surface area contributed by atoms with Crippen LogP contribution in [0.5, 0.6) is 0 Å². The van der Waals surface area contributed by atoms with Gasteiger partial charge < -0.3 is 9.52 Å². The standard InChI is InChI=1S/C20H14FN3O5S/c1-10-7-8-13(29-10)17(25)15-16(11-5-3-4-6-12(11)21)24(19(27)18(15)26)20-22-9-14(30-20)23(2)28/h3-9,16H,1-2H3/p+1. The smallest absolute Gasteiger partial charge is 0.332 e. The lowest BCUT2D eigenvalue weighted by molar-refractivity contribution is -0.424. The van der Waals surface area contributed by atoms with E-state index in [-0.39, 0.29) is 27.0 Å². The van der Waals surface area contributed by atoms with Crippen LogP contribution in [0.15, 0.2) is 58.3 Å². The Morgan fingerprint density at radius 3 is 2.63 bits per heavy atom. The molecule has 3 aromatic rings. The monoisotopic (exact) mass is 428 g/mol. The molecule has 1 amide bonds. The summed E-state index contributed by atoms with van der Waals surface area (Å²) in [5.74, 6) is -2.80. The summed E-state index contributed by atoms with van der Waals surface area (Å²) in [5, 5.41) is 10.8. The van der Waals surface area contributed by atoms with Crippen LogP contribution in [-0.2, 0) is 4.79 Å². The summed E-state index contributed by atoms with van der Waals surface area (Å²) in [6.45, 7) is 1.64. The van der Waals surface area contributed by atoms with Gasteiger partial charge in [-0.3, -0.25) is 14.5 Å². The Labute approximate surface area is 173 Å². The van der Waals surface area contributed by atoms with Gasteiger partial charge in [-0.15, -0.1) is 0 Å². The number of aliphatic hydroxyl groups is 1. The minimum atomic E-state index is -1.28. The lowest BCUT2D eigenvalue weighted by atomic mass is 9.95. The molecule has 10 heteroatoms. The van der Waals surface area contributed by atoms with Crippen molar-refractivity contribution in [3.05, 3.63) is 81.7 Å². The summed E-state index contributed by atoms with van der Waals surface area (Å²) in [4.78, 5) is 42.7. The van der Waals surface area contributed by atoms with Gasteiger partial charge in [0.2, 0.25) is 5.78 Å². The minimum absolute atomic E-state index is 0.00578. The van der Waals surface area contributed by atoms with Crippen LogP contribution in [0, 0.1) is 17.6 Å². The second kappa shape index (κ2) is 7.30. The maximum absolute atomic E-state index is 14.7. The Morgan fingerprint density at radius 1 is 1.30 bits per heavy atom. The Kier molecular flexibility index (Phi) is 4.78. The number of halogens is 1. The largest absolute Gasteiger partial charge is 0.503 e. The van der Waals surface area contributed by atoms with Gasteiger partial charge in [-0.25, -0.2) is 9.37 Å². The van der Waals surface area contributed by atoms with Crippen molar-refractivity contribution in [2.24, 2.45) is 0 Å².